The second-order valence-corrected chi connectivity index (χ2v) is 8.36. The summed E-state index contributed by atoms with van der Waals surface area (Å²) < 4.78 is 1.66. The SMILES string of the molecule is Cn1nc(C(=O)C(C#N)C(=O)Nc2ccccc2)c2c1-c1c(Cl)ccc3c1C2CCC3. The zero-order chi connectivity index (χ0) is 21.7. The van der Waals surface area contributed by atoms with Crippen LogP contribution < -0.4 is 5.32 Å². The summed E-state index contributed by atoms with van der Waals surface area (Å²) in [6.07, 6.45) is 2.85. The van der Waals surface area contributed by atoms with Gasteiger partial charge >= 0.3 is 0 Å². The topological polar surface area (TPSA) is 87.8 Å². The highest BCUT2D eigenvalue weighted by Crippen LogP contribution is 2.54. The van der Waals surface area contributed by atoms with Crippen LogP contribution in [0.3, 0.4) is 0 Å². The van der Waals surface area contributed by atoms with E-state index in [4.69, 9.17) is 11.6 Å². The number of Topliss-reactive ketones (excluding diaryl/α,β-unsaturated/α-hetero) is 1. The molecule has 0 saturated carbocycles. The Morgan fingerprint density at radius 2 is 2.00 bits per heavy atom. The van der Waals surface area contributed by atoms with Crippen molar-refractivity contribution in [2.24, 2.45) is 13.0 Å². The molecule has 1 N–H and O–H groups in total. The van der Waals surface area contributed by atoms with Crippen LogP contribution in [0.15, 0.2) is 42.5 Å². The molecule has 2 aliphatic carbocycles. The third-order valence-electron chi connectivity index (χ3n) is 6.17. The minimum absolute atomic E-state index is 0.0108. The van der Waals surface area contributed by atoms with Gasteiger partial charge in [-0.3, -0.25) is 14.3 Å². The molecule has 1 heterocycles. The second kappa shape index (κ2) is 7.36. The van der Waals surface area contributed by atoms with Gasteiger partial charge in [0.25, 0.3) is 0 Å². The summed E-state index contributed by atoms with van der Waals surface area (Å²) >= 11 is 6.56. The molecule has 0 bridgehead atoms. The molecule has 2 aromatic carbocycles. The Bertz CT molecular complexity index is 1270. The average Bonchev–Trinajstić information content (AvgIpc) is 3.29. The van der Waals surface area contributed by atoms with Gasteiger partial charge < -0.3 is 5.32 Å². The molecule has 0 saturated heterocycles. The van der Waals surface area contributed by atoms with Crippen LogP contribution in [0.2, 0.25) is 5.02 Å². The number of nitrogens with one attached hydrogen (secondary N) is 1. The molecule has 2 unspecified atom stereocenters. The number of para-hydroxylation sites is 1. The number of anilines is 1. The Kier molecular flexibility index (Phi) is 4.64. The van der Waals surface area contributed by atoms with Gasteiger partial charge in [0.05, 0.1) is 16.8 Å². The van der Waals surface area contributed by atoms with Gasteiger partial charge in [-0.2, -0.15) is 10.4 Å². The molecule has 0 aliphatic heterocycles. The first-order chi connectivity index (χ1) is 15.0. The lowest BCUT2D eigenvalue weighted by atomic mass is 9.81. The molecular formula is C24H19ClN4O2. The zero-order valence-electron chi connectivity index (χ0n) is 16.9. The highest BCUT2D eigenvalue weighted by Gasteiger charge is 2.42. The first-order valence-corrected chi connectivity index (χ1v) is 10.6. The van der Waals surface area contributed by atoms with Gasteiger partial charge in [-0.1, -0.05) is 35.9 Å². The summed E-state index contributed by atoms with van der Waals surface area (Å²) in [5.74, 6) is -2.71. The Labute approximate surface area is 184 Å². The predicted octanol–water partition coefficient (Wildman–Crippen LogP) is 4.48. The third-order valence-corrected chi connectivity index (χ3v) is 6.48. The van der Waals surface area contributed by atoms with Crippen LogP contribution in [0.1, 0.15) is 45.9 Å². The van der Waals surface area contributed by atoms with Crippen molar-refractivity contribution in [2.75, 3.05) is 5.32 Å². The molecule has 154 valence electrons. The molecule has 5 rings (SSSR count). The number of benzene rings is 2. The van der Waals surface area contributed by atoms with E-state index in [1.807, 2.05) is 18.2 Å². The Morgan fingerprint density at radius 1 is 1.23 bits per heavy atom. The predicted molar refractivity (Wildman–Crippen MR) is 117 cm³/mol. The van der Waals surface area contributed by atoms with Crippen molar-refractivity contribution >= 4 is 29.0 Å². The zero-order valence-corrected chi connectivity index (χ0v) is 17.6. The number of rotatable bonds is 4. The lowest BCUT2D eigenvalue weighted by Crippen LogP contribution is -2.29. The lowest BCUT2D eigenvalue weighted by molar-refractivity contribution is -0.117. The van der Waals surface area contributed by atoms with Gasteiger partial charge in [0.15, 0.2) is 5.92 Å². The molecule has 6 nitrogen and oxygen atoms in total. The summed E-state index contributed by atoms with van der Waals surface area (Å²) in [4.78, 5) is 26.1. The number of carbonyl (C=O) groups is 2. The number of fused-ring (bicyclic) bond motifs is 3. The molecule has 0 spiro atoms. The van der Waals surface area contributed by atoms with E-state index >= 15 is 0 Å². The second-order valence-electron chi connectivity index (χ2n) is 7.96. The number of hydrogen-bond donors (Lipinski definition) is 1. The number of amides is 1. The molecule has 3 aromatic rings. The van der Waals surface area contributed by atoms with Crippen molar-refractivity contribution < 1.29 is 9.59 Å². The van der Waals surface area contributed by atoms with Crippen molar-refractivity contribution in [3.8, 4) is 17.3 Å². The Balaban J connectivity index is 1.56. The number of ketones is 1. The monoisotopic (exact) mass is 430 g/mol. The Hall–Kier alpha value is -3.43. The number of nitrogens with zero attached hydrogens (tertiary/aromatic N) is 3. The molecular weight excluding hydrogens is 412 g/mol. The number of aryl methyl sites for hydroxylation is 2. The summed E-state index contributed by atoms with van der Waals surface area (Å²) in [6, 6.07) is 14.6. The number of carbonyl (C=O) groups excluding carboxylic acids is 2. The molecule has 0 radical (unpaired) electrons. The molecule has 2 atom stereocenters. The number of hydrogen-bond acceptors (Lipinski definition) is 4. The average molecular weight is 431 g/mol. The highest BCUT2D eigenvalue weighted by atomic mass is 35.5. The van der Waals surface area contributed by atoms with Gasteiger partial charge in [0.1, 0.15) is 5.69 Å². The molecule has 0 fully saturated rings. The fourth-order valence-electron chi connectivity index (χ4n) is 4.88. The van der Waals surface area contributed by atoms with Crippen LogP contribution in [0, 0.1) is 17.2 Å². The number of aromatic nitrogens is 2. The summed E-state index contributed by atoms with van der Waals surface area (Å²) in [5.41, 5.74) is 5.67. The van der Waals surface area contributed by atoms with E-state index in [1.165, 1.54) is 5.56 Å². The molecule has 7 heteroatoms. The minimum atomic E-state index is -1.48. The van der Waals surface area contributed by atoms with Gasteiger partial charge in [-0.05, 0) is 48.6 Å². The maximum absolute atomic E-state index is 13.4. The normalized spacial score (nSPS) is 16.7. The highest BCUT2D eigenvalue weighted by molar-refractivity contribution is 6.34. The van der Waals surface area contributed by atoms with Gasteiger partial charge in [0.2, 0.25) is 11.7 Å². The van der Waals surface area contributed by atoms with E-state index < -0.39 is 17.6 Å². The van der Waals surface area contributed by atoms with Gasteiger partial charge in [0, 0.05) is 29.8 Å². The molecule has 2 aliphatic rings. The van der Waals surface area contributed by atoms with E-state index in [-0.39, 0.29) is 11.6 Å². The van der Waals surface area contributed by atoms with Crippen LogP contribution in [-0.4, -0.2) is 21.5 Å². The van der Waals surface area contributed by atoms with E-state index in [2.05, 4.69) is 16.5 Å². The van der Waals surface area contributed by atoms with E-state index in [0.29, 0.717) is 10.7 Å². The minimum Gasteiger partial charge on any atom is -0.325 e. The third kappa shape index (κ3) is 2.96. The number of nitriles is 1. The van der Waals surface area contributed by atoms with Crippen molar-refractivity contribution in [3.05, 3.63) is 69.9 Å². The quantitative estimate of drug-likeness (QED) is 0.488. The fraction of sp³-hybridized carbons (Fsp3) is 0.250. The molecule has 31 heavy (non-hydrogen) atoms. The maximum Gasteiger partial charge on any atom is 0.249 e. The standard InChI is InChI=1S/C24H19ClN4O2/c1-29-22-19(15-9-5-6-13-10-11-17(25)20(22)18(13)15)21(28-29)23(30)16(12-26)24(31)27-14-7-3-2-4-8-14/h2-4,7-8,10-11,15-16H,5-6,9H2,1H3,(H,27,31). The van der Waals surface area contributed by atoms with Gasteiger partial charge in [-0.15, -0.1) is 0 Å². The smallest absolute Gasteiger partial charge is 0.249 e. The van der Waals surface area contributed by atoms with Crippen LogP contribution >= 0.6 is 11.6 Å². The lowest BCUT2D eigenvalue weighted by Gasteiger charge is -2.23. The van der Waals surface area contributed by atoms with Crippen LogP contribution in [-0.2, 0) is 18.3 Å². The summed E-state index contributed by atoms with van der Waals surface area (Å²) in [5, 5.41) is 17.4. The summed E-state index contributed by atoms with van der Waals surface area (Å²) in [6.45, 7) is 0. The van der Waals surface area contributed by atoms with Crippen LogP contribution in [0.5, 0.6) is 0 Å². The van der Waals surface area contributed by atoms with Crippen molar-refractivity contribution in [2.45, 2.75) is 25.2 Å². The van der Waals surface area contributed by atoms with E-state index in [9.17, 15) is 14.9 Å². The van der Waals surface area contributed by atoms with E-state index in [0.717, 1.165) is 41.6 Å². The molecule has 1 aromatic heterocycles. The van der Waals surface area contributed by atoms with Crippen molar-refractivity contribution in [3.63, 3.8) is 0 Å². The maximum atomic E-state index is 13.4. The van der Waals surface area contributed by atoms with Crippen LogP contribution in [0.4, 0.5) is 5.69 Å². The van der Waals surface area contributed by atoms with Crippen molar-refractivity contribution in [1.82, 2.24) is 9.78 Å². The van der Waals surface area contributed by atoms with Crippen LogP contribution in [0.25, 0.3) is 11.3 Å². The largest absolute Gasteiger partial charge is 0.325 e. The number of halogens is 1. The fourth-order valence-corrected chi connectivity index (χ4v) is 5.13. The summed E-state index contributed by atoms with van der Waals surface area (Å²) in [7, 11) is 1.77. The Morgan fingerprint density at radius 3 is 2.74 bits per heavy atom. The van der Waals surface area contributed by atoms with Crippen molar-refractivity contribution in [1.29, 1.82) is 5.26 Å². The van der Waals surface area contributed by atoms with Gasteiger partial charge in [-0.25, -0.2) is 0 Å². The molecule has 1 amide bonds. The first kappa shape index (κ1) is 19.5. The first-order valence-electron chi connectivity index (χ1n) is 10.2. The van der Waals surface area contributed by atoms with E-state index in [1.54, 1.807) is 36.0 Å².